The molecule has 5 heteroatoms. The molecule has 0 fully saturated rings. The zero-order chi connectivity index (χ0) is 8.97. The van der Waals surface area contributed by atoms with Crippen molar-refractivity contribution >= 4 is 23.3 Å². The zero-order valence-electron chi connectivity index (χ0n) is 6.57. The summed E-state index contributed by atoms with van der Waals surface area (Å²) in [5.74, 6) is 0.621. The van der Waals surface area contributed by atoms with Crippen molar-refractivity contribution in [2.24, 2.45) is 0 Å². The van der Waals surface area contributed by atoms with Gasteiger partial charge in [-0.2, -0.15) is 9.64 Å². The quantitative estimate of drug-likeness (QED) is 0.749. The minimum absolute atomic E-state index is 0.131. The maximum atomic E-state index is 8.73. The van der Waals surface area contributed by atoms with Crippen molar-refractivity contribution in [3.63, 3.8) is 0 Å². The predicted octanol–water partition coefficient (Wildman–Crippen LogP) is 1.41. The second-order valence-corrected chi connectivity index (χ2v) is 4.25. The van der Waals surface area contributed by atoms with Gasteiger partial charge in [-0.1, -0.05) is 0 Å². The first kappa shape index (κ1) is 9.52. The largest absolute Gasteiger partial charge is 0.396 e. The lowest BCUT2D eigenvalue weighted by Gasteiger charge is -1.92. The van der Waals surface area contributed by atoms with E-state index in [0.717, 1.165) is 9.90 Å². The van der Waals surface area contributed by atoms with Crippen molar-refractivity contribution in [3.05, 3.63) is 11.3 Å². The Balaban J connectivity index is 2.79. The lowest BCUT2D eigenvalue weighted by Crippen LogP contribution is -1.85. The van der Waals surface area contributed by atoms with Crippen LogP contribution in [0, 0.1) is 18.3 Å². The second kappa shape index (κ2) is 4.45. The molecule has 0 bridgehead atoms. The molecule has 64 valence electrons. The van der Waals surface area contributed by atoms with E-state index in [1.54, 1.807) is 0 Å². The first-order valence-electron chi connectivity index (χ1n) is 3.39. The van der Waals surface area contributed by atoms with Crippen LogP contribution in [0.3, 0.4) is 0 Å². The molecule has 1 aromatic rings. The first-order valence-corrected chi connectivity index (χ1v) is 5.15. The van der Waals surface area contributed by atoms with Crippen LogP contribution in [0.5, 0.6) is 0 Å². The predicted molar refractivity (Wildman–Crippen MR) is 49.4 cm³/mol. The lowest BCUT2D eigenvalue weighted by molar-refractivity contribution is 0.322. The highest BCUT2D eigenvalue weighted by atomic mass is 32.2. The van der Waals surface area contributed by atoms with Crippen molar-refractivity contribution < 1.29 is 5.11 Å². The van der Waals surface area contributed by atoms with Crippen molar-refractivity contribution in [2.45, 2.75) is 11.1 Å². The molecule has 0 radical (unpaired) electrons. The van der Waals surface area contributed by atoms with Gasteiger partial charge in [-0.3, -0.25) is 0 Å². The smallest absolute Gasteiger partial charge is 0.103 e. The Labute approximate surface area is 79.2 Å². The summed E-state index contributed by atoms with van der Waals surface area (Å²) in [4.78, 5) is 0. The highest BCUT2D eigenvalue weighted by molar-refractivity contribution is 8.01. The molecule has 0 amide bonds. The monoisotopic (exact) mass is 200 g/mol. The van der Waals surface area contributed by atoms with E-state index in [1.165, 1.54) is 23.3 Å². The molecule has 1 N–H and O–H groups in total. The van der Waals surface area contributed by atoms with Crippen LogP contribution in [-0.4, -0.2) is 21.8 Å². The minimum atomic E-state index is 0.131. The van der Waals surface area contributed by atoms with Crippen LogP contribution in [0.25, 0.3) is 0 Å². The Morgan fingerprint density at radius 1 is 1.75 bits per heavy atom. The van der Waals surface area contributed by atoms with Crippen molar-refractivity contribution in [2.75, 3.05) is 12.4 Å². The molecule has 0 saturated carbocycles. The molecule has 0 aliphatic carbocycles. The molecule has 0 spiro atoms. The average molecular weight is 200 g/mol. The third-order valence-electron chi connectivity index (χ3n) is 1.27. The molecule has 0 saturated heterocycles. The Hall–Kier alpha value is -0.570. The van der Waals surface area contributed by atoms with Gasteiger partial charge in [0, 0.05) is 5.75 Å². The Morgan fingerprint density at radius 3 is 3.08 bits per heavy atom. The van der Waals surface area contributed by atoms with Crippen LogP contribution >= 0.6 is 23.3 Å². The van der Waals surface area contributed by atoms with E-state index in [4.69, 9.17) is 10.4 Å². The normalized spacial score (nSPS) is 9.75. The third kappa shape index (κ3) is 1.97. The Bertz CT molecular complexity index is 303. The van der Waals surface area contributed by atoms with Crippen molar-refractivity contribution in [1.29, 1.82) is 5.26 Å². The summed E-state index contributed by atoms with van der Waals surface area (Å²) in [7, 11) is 0. The van der Waals surface area contributed by atoms with E-state index in [1.807, 2.05) is 6.92 Å². The summed E-state index contributed by atoms with van der Waals surface area (Å²) in [5, 5.41) is 17.3. The van der Waals surface area contributed by atoms with E-state index in [2.05, 4.69) is 10.4 Å². The summed E-state index contributed by atoms with van der Waals surface area (Å²) in [6, 6.07) is 2.10. The molecule has 3 nitrogen and oxygen atoms in total. The van der Waals surface area contributed by atoms with Gasteiger partial charge in [0.15, 0.2) is 0 Å². The van der Waals surface area contributed by atoms with Gasteiger partial charge in [0.2, 0.25) is 0 Å². The van der Waals surface area contributed by atoms with Crippen molar-refractivity contribution in [3.8, 4) is 6.07 Å². The lowest BCUT2D eigenvalue weighted by atomic mass is 10.3. The number of nitrogens with zero attached hydrogens (tertiary/aromatic N) is 2. The molecule has 12 heavy (non-hydrogen) atoms. The van der Waals surface area contributed by atoms with Crippen LogP contribution in [0.1, 0.15) is 11.3 Å². The number of nitriles is 1. The number of aliphatic hydroxyl groups excluding tert-OH is 1. The highest BCUT2D eigenvalue weighted by Crippen LogP contribution is 2.28. The van der Waals surface area contributed by atoms with Gasteiger partial charge in [-0.25, -0.2) is 0 Å². The number of aromatic nitrogens is 1. The first-order chi connectivity index (χ1) is 5.79. The van der Waals surface area contributed by atoms with Gasteiger partial charge in [0.25, 0.3) is 0 Å². The van der Waals surface area contributed by atoms with Crippen LogP contribution in [-0.2, 0) is 0 Å². The van der Waals surface area contributed by atoms with Crippen LogP contribution < -0.4 is 0 Å². The Kier molecular flexibility index (Phi) is 3.53. The van der Waals surface area contributed by atoms with E-state index >= 15 is 0 Å². The average Bonchev–Trinajstić information content (AvgIpc) is 2.43. The van der Waals surface area contributed by atoms with E-state index in [-0.39, 0.29) is 6.61 Å². The van der Waals surface area contributed by atoms with Crippen LogP contribution in [0.15, 0.2) is 4.21 Å². The van der Waals surface area contributed by atoms with Gasteiger partial charge in [0.1, 0.15) is 6.07 Å². The SMILES string of the molecule is Cc1nsc(SCCO)c1C#N. The number of aryl methyl sites for hydroxylation is 1. The summed E-state index contributed by atoms with van der Waals surface area (Å²) in [6.07, 6.45) is 0. The number of thioether (sulfide) groups is 1. The summed E-state index contributed by atoms with van der Waals surface area (Å²) in [6.45, 7) is 1.95. The molecule has 1 aromatic heterocycles. The maximum Gasteiger partial charge on any atom is 0.103 e. The van der Waals surface area contributed by atoms with Crippen LogP contribution in [0.4, 0.5) is 0 Å². The van der Waals surface area contributed by atoms with Gasteiger partial charge < -0.3 is 5.11 Å². The molecule has 0 atom stereocenters. The van der Waals surface area contributed by atoms with Gasteiger partial charge >= 0.3 is 0 Å². The standard InChI is InChI=1S/C7H8N2OS2/c1-5-6(4-8)7(12-9-5)11-3-2-10/h10H,2-3H2,1H3. The summed E-state index contributed by atoms with van der Waals surface area (Å²) < 4.78 is 4.96. The molecular formula is C7H8N2OS2. The fourth-order valence-electron chi connectivity index (χ4n) is 0.712. The number of aliphatic hydroxyl groups is 1. The number of hydrogen-bond donors (Lipinski definition) is 1. The highest BCUT2D eigenvalue weighted by Gasteiger charge is 2.09. The number of rotatable bonds is 3. The molecule has 0 aliphatic heterocycles. The Morgan fingerprint density at radius 2 is 2.50 bits per heavy atom. The fourth-order valence-corrected chi connectivity index (χ4v) is 2.50. The topological polar surface area (TPSA) is 56.9 Å². The molecule has 0 unspecified atom stereocenters. The molecule has 1 heterocycles. The van der Waals surface area contributed by atoms with Crippen LogP contribution in [0.2, 0.25) is 0 Å². The molecule has 1 rings (SSSR count). The minimum Gasteiger partial charge on any atom is -0.396 e. The molecule has 0 aromatic carbocycles. The van der Waals surface area contributed by atoms with Gasteiger partial charge in [-0.15, -0.1) is 11.8 Å². The second-order valence-electron chi connectivity index (χ2n) is 2.11. The van der Waals surface area contributed by atoms with E-state index in [9.17, 15) is 0 Å². The van der Waals surface area contributed by atoms with Gasteiger partial charge in [0.05, 0.1) is 22.1 Å². The van der Waals surface area contributed by atoms with Gasteiger partial charge in [-0.05, 0) is 18.5 Å². The molecule has 0 aliphatic rings. The fraction of sp³-hybridized carbons (Fsp3) is 0.429. The van der Waals surface area contributed by atoms with Crippen molar-refractivity contribution in [1.82, 2.24) is 4.37 Å². The summed E-state index contributed by atoms with van der Waals surface area (Å²) >= 11 is 2.80. The zero-order valence-corrected chi connectivity index (χ0v) is 8.21. The molecular weight excluding hydrogens is 192 g/mol. The summed E-state index contributed by atoms with van der Waals surface area (Å²) in [5.41, 5.74) is 1.43. The maximum absolute atomic E-state index is 8.73. The third-order valence-corrected chi connectivity index (χ3v) is 3.43. The van der Waals surface area contributed by atoms with E-state index < -0.39 is 0 Å². The number of hydrogen-bond acceptors (Lipinski definition) is 5. The van der Waals surface area contributed by atoms with E-state index in [0.29, 0.717) is 11.3 Å².